The lowest BCUT2D eigenvalue weighted by Crippen LogP contribution is -2.34. The first-order valence-electron chi connectivity index (χ1n) is 7.17. The summed E-state index contributed by atoms with van der Waals surface area (Å²) in [7, 11) is 0. The molecule has 2 aliphatic rings. The zero-order chi connectivity index (χ0) is 13.4. The summed E-state index contributed by atoms with van der Waals surface area (Å²) in [6.45, 7) is 0. The Hall–Kier alpha value is -1.52. The molecule has 0 saturated heterocycles. The molecule has 3 rings (SSSR count). The molecule has 102 valence electrons. The van der Waals surface area contributed by atoms with Crippen molar-refractivity contribution in [3.8, 4) is 0 Å². The molecule has 5 nitrogen and oxygen atoms in total. The van der Waals surface area contributed by atoms with Crippen LogP contribution in [0.3, 0.4) is 0 Å². The molecule has 2 fully saturated rings. The molecular formula is C14H18N2O3. The molecule has 2 saturated carbocycles. The van der Waals surface area contributed by atoms with Crippen molar-refractivity contribution in [3.05, 3.63) is 20.7 Å². The van der Waals surface area contributed by atoms with E-state index < -0.39 is 11.1 Å². The second-order valence-electron chi connectivity index (χ2n) is 5.68. The topological polar surface area (TPSA) is 68.5 Å². The third kappa shape index (κ3) is 2.33. The number of hydrogen-bond donors (Lipinski definition) is 0. The Morgan fingerprint density at radius 1 is 0.842 bits per heavy atom. The van der Waals surface area contributed by atoms with Gasteiger partial charge in [0.25, 0.3) is 0 Å². The molecule has 5 heteroatoms. The predicted molar refractivity (Wildman–Crippen MR) is 71.1 cm³/mol. The van der Waals surface area contributed by atoms with Gasteiger partial charge in [0.2, 0.25) is 0 Å². The molecule has 0 spiro atoms. The summed E-state index contributed by atoms with van der Waals surface area (Å²) in [4.78, 5) is 34.1. The number of nitrogens with zero attached hydrogens (tertiary/aromatic N) is 2. The smallest absolute Gasteiger partial charge is 0.299 e. The van der Waals surface area contributed by atoms with Gasteiger partial charge in [-0.2, -0.15) is 5.10 Å². The summed E-state index contributed by atoms with van der Waals surface area (Å²) < 4.78 is 0.945. The number of carbonyl (C=O) groups excluding carboxylic acids is 1. The normalized spacial score (nSPS) is 31.2. The van der Waals surface area contributed by atoms with Gasteiger partial charge in [0.05, 0.1) is 0 Å². The van der Waals surface area contributed by atoms with E-state index >= 15 is 0 Å². The van der Waals surface area contributed by atoms with Crippen molar-refractivity contribution in [2.24, 2.45) is 16.9 Å². The molecule has 2 atom stereocenters. The van der Waals surface area contributed by atoms with E-state index in [0.717, 1.165) is 55.3 Å². The van der Waals surface area contributed by atoms with Gasteiger partial charge in [-0.3, -0.25) is 14.4 Å². The number of ketones is 1. The van der Waals surface area contributed by atoms with Gasteiger partial charge >= 0.3 is 11.1 Å². The van der Waals surface area contributed by atoms with Gasteiger partial charge in [0.15, 0.2) is 0 Å². The summed E-state index contributed by atoms with van der Waals surface area (Å²) in [6, 6.07) is 0. The maximum Gasteiger partial charge on any atom is 0.342 e. The molecule has 19 heavy (non-hydrogen) atoms. The van der Waals surface area contributed by atoms with Gasteiger partial charge in [-0.05, 0) is 32.1 Å². The van der Waals surface area contributed by atoms with Crippen molar-refractivity contribution >= 4 is 11.5 Å². The van der Waals surface area contributed by atoms with Crippen LogP contribution in [0, 0.1) is 11.8 Å². The van der Waals surface area contributed by atoms with Gasteiger partial charge in [-0.25, -0.2) is 0 Å². The highest BCUT2D eigenvalue weighted by Gasteiger charge is 2.35. The van der Waals surface area contributed by atoms with Gasteiger partial charge in [0, 0.05) is 24.0 Å². The molecule has 1 heterocycles. The van der Waals surface area contributed by atoms with Crippen LogP contribution >= 0.6 is 0 Å². The van der Waals surface area contributed by atoms with Crippen LogP contribution in [-0.2, 0) is 4.79 Å². The van der Waals surface area contributed by atoms with Crippen LogP contribution in [-0.4, -0.2) is 16.2 Å². The Morgan fingerprint density at radius 2 is 1.47 bits per heavy atom. The molecule has 0 radical (unpaired) electrons. The highest BCUT2D eigenvalue weighted by molar-refractivity contribution is 5.93. The van der Waals surface area contributed by atoms with Crippen molar-refractivity contribution in [2.45, 2.75) is 51.4 Å². The summed E-state index contributed by atoms with van der Waals surface area (Å²) >= 11 is 0. The number of aromatic nitrogens is 1. The van der Waals surface area contributed by atoms with E-state index in [1.807, 2.05) is 0 Å². The van der Waals surface area contributed by atoms with E-state index in [9.17, 15) is 14.4 Å². The fourth-order valence-electron chi connectivity index (χ4n) is 3.36. The molecule has 0 bridgehead atoms. The SMILES string of the molecule is O=C1CCCCC1C1CCCCC1=Nn1c(=O)c1=O. The van der Waals surface area contributed by atoms with Crippen LogP contribution in [0.15, 0.2) is 14.7 Å². The van der Waals surface area contributed by atoms with Crippen LogP contribution in [0.25, 0.3) is 0 Å². The predicted octanol–water partition coefficient (Wildman–Crippen LogP) is 1.24. The second kappa shape index (κ2) is 4.87. The standard InChI is InChI=1S/C14H18N2O3/c17-12-8-4-2-6-10(12)9-5-1-3-7-11(9)15-16-13(18)14(16)19/h9-10H,1-8H2. The molecule has 2 unspecified atom stereocenters. The van der Waals surface area contributed by atoms with Crippen molar-refractivity contribution in [2.75, 3.05) is 0 Å². The molecule has 0 aromatic carbocycles. The fourth-order valence-corrected chi connectivity index (χ4v) is 3.36. The lowest BCUT2D eigenvalue weighted by molar-refractivity contribution is -0.125. The van der Waals surface area contributed by atoms with E-state index in [1.165, 1.54) is 0 Å². The van der Waals surface area contributed by atoms with Crippen molar-refractivity contribution in [1.29, 1.82) is 0 Å². The maximum atomic E-state index is 12.1. The summed E-state index contributed by atoms with van der Waals surface area (Å²) in [5, 5.41) is 4.20. The van der Waals surface area contributed by atoms with Gasteiger partial charge in [-0.15, -0.1) is 4.68 Å². The van der Waals surface area contributed by atoms with E-state index in [4.69, 9.17) is 0 Å². The van der Waals surface area contributed by atoms with Gasteiger partial charge in [0.1, 0.15) is 5.78 Å². The monoisotopic (exact) mass is 262 g/mol. The van der Waals surface area contributed by atoms with E-state index in [-0.39, 0.29) is 11.8 Å². The number of carbonyl (C=O) groups is 1. The molecule has 2 aliphatic carbocycles. The van der Waals surface area contributed by atoms with Crippen LogP contribution in [0.2, 0.25) is 0 Å². The quantitative estimate of drug-likeness (QED) is 0.753. The molecule has 0 N–H and O–H groups in total. The Bertz CT molecular complexity index is 567. The number of rotatable bonds is 2. The van der Waals surface area contributed by atoms with Crippen molar-refractivity contribution < 1.29 is 4.79 Å². The van der Waals surface area contributed by atoms with Gasteiger partial charge in [-0.1, -0.05) is 12.8 Å². The molecule has 1 aromatic rings. The second-order valence-corrected chi connectivity index (χ2v) is 5.68. The zero-order valence-corrected chi connectivity index (χ0v) is 10.9. The molecule has 0 amide bonds. The third-order valence-corrected chi connectivity index (χ3v) is 4.46. The van der Waals surface area contributed by atoms with Crippen LogP contribution in [0.5, 0.6) is 0 Å². The number of Topliss-reactive ketones (excluding diaryl/α,β-unsaturated/α-hetero) is 1. The molecular weight excluding hydrogens is 244 g/mol. The summed E-state index contributed by atoms with van der Waals surface area (Å²) in [6.07, 6.45) is 7.62. The zero-order valence-electron chi connectivity index (χ0n) is 10.9. The Kier molecular flexibility index (Phi) is 3.21. The van der Waals surface area contributed by atoms with E-state index in [1.54, 1.807) is 0 Å². The third-order valence-electron chi connectivity index (χ3n) is 4.46. The Labute approximate surface area is 111 Å². The van der Waals surface area contributed by atoms with Crippen molar-refractivity contribution in [3.63, 3.8) is 0 Å². The average Bonchev–Trinajstić information content (AvgIpc) is 2.98. The maximum absolute atomic E-state index is 12.1. The van der Waals surface area contributed by atoms with Crippen LogP contribution < -0.4 is 11.1 Å². The molecule has 1 aromatic heterocycles. The summed E-state index contributed by atoms with van der Waals surface area (Å²) in [5.41, 5.74) is -0.149. The lowest BCUT2D eigenvalue weighted by Gasteiger charge is -2.32. The number of hydrogen-bond acceptors (Lipinski definition) is 4. The fraction of sp³-hybridized carbons (Fsp3) is 0.714. The molecule has 0 aliphatic heterocycles. The summed E-state index contributed by atoms with van der Waals surface area (Å²) in [5.74, 6) is 0.565. The van der Waals surface area contributed by atoms with Crippen LogP contribution in [0.4, 0.5) is 0 Å². The minimum atomic E-state index is -0.521. The Balaban J connectivity index is 1.85. The first-order chi connectivity index (χ1) is 9.18. The largest absolute Gasteiger partial charge is 0.342 e. The van der Waals surface area contributed by atoms with Gasteiger partial charge < -0.3 is 0 Å². The average molecular weight is 262 g/mol. The lowest BCUT2D eigenvalue weighted by atomic mass is 9.72. The van der Waals surface area contributed by atoms with E-state index in [2.05, 4.69) is 5.10 Å². The first-order valence-corrected chi connectivity index (χ1v) is 7.17. The van der Waals surface area contributed by atoms with E-state index in [0.29, 0.717) is 12.2 Å². The highest BCUT2D eigenvalue weighted by Crippen LogP contribution is 2.35. The van der Waals surface area contributed by atoms with Crippen molar-refractivity contribution in [1.82, 2.24) is 4.68 Å². The highest BCUT2D eigenvalue weighted by atomic mass is 16.2. The minimum absolute atomic E-state index is 0.0676. The Morgan fingerprint density at radius 3 is 2.11 bits per heavy atom. The first kappa shape index (κ1) is 12.5. The van der Waals surface area contributed by atoms with Crippen LogP contribution in [0.1, 0.15) is 51.4 Å². The minimum Gasteiger partial charge on any atom is -0.299 e.